The molecule has 112 valence electrons. The number of benzene rings is 1. The van der Waals surface area contributed by atoms with Gasteiger partial charge in [-0.1, -0.05) is 45.0 Å². The maximum Gasteiger partial charge on any atom is 0.0322 e. The highest BCUT2D eigenvalue weighted by atomic mass is 15.2. The molecule has 2 heteroatoms. The second-order valence-electron chi connectivity index (χ2n) is 7.42. The van der Waals surface area contributed by atoms with Crippen LogP contribution in [-0.4, -0.2) is 23.5 Å². The first-order valence-electron chi connectivity index (χ1n) is 7.91. The highest BCUT2D eigenvalue weighted by molar-refractivity contribution is 5.29. The highest BCUT2D eigenvalue weighted by Gasteiger charge is 2.27. The molecule has 0 spiro atoms. The highest BCUT2D eigenvalue weighted by Crippen LogP contribution is 2.29. The van der Waals surface area contributed by atoms with Crippen molar-refractivity contribution in [2.45, 2.75) is 71.0 Å². The average molecular weight is 274 g/mol. The average Bonchev–Trinajstić information content (AvgIpc) is 2.37. The standard InChI is InChI=1S/C18H30N2/c1-13-12-17(19)10-11-20(13)14(2)15-6-8-16(9-7-15)18(3,4)5/h6-9,13-14,17H,10-12,19H2,1-5H3. The predicted molar refractivity (Wildman–Crippen MR) is 86.9 cm³/mol. The minimum Gasteiger partial charge on any atom is -0.328 e. The van der Waals surface area contributed by atoms with E-state index in [-0.39, 0.29) is 5.41 Å². The molecule has 2 N–H and O–H groups in total. The van der Waals surface area contributed by atoms with Crippen LogP contribution in [0.25, 0.3) is 0 Å². The van der Waals surface area contributed by atoms with E-state index in [9.17, 15) is 0 Å². The smallest absolute Gasteiger partial charge is 0.0322 e. The fourth-order valence-corrected chi connectivity index (χ4v) is 3.26. The molecule has 1 aromatic carbocycles. The van der Waals surface area contributed by atoms with E-state index < -0.39 is 0 Å². The van der Waals surface area contributed by atoms with Crippen LogP contribution in [0.5, 0.6) is 0 Å². The summed E-state index contributed by atoms with van der Waals surface area (Å²) in [5.74, 6) is 0. The number of nitrogens with two attached hydrogens (primary N) is 1. The fourth-order valence-electron chi connectivity index (χ4n) is 3.26. The molecule has 20 heavy (non-hydrogen) atoms. The lowest BCUT2D eigenvalue weighted by atomic mass is 9.86. The van der Waals surface area contributed by atoms with Gasteiger partial charge in [0.15, 0.2) is 0 Å². The first-order chi connectivity index (χ1) is 9.29. The normalized spacial score (nSPS) is 26.5. The largest absolute Gasteiger partial charge is 0.328 e. The van der Waals surface area contributed by atoms with Gasteiger partial charge in [-0.25, -0.2) is 0 Å². The summed E-state index contributed by atoms with van der Waals surface area (Å²) >= 11 is 0. The summed E-state index contributed by atoms with van der Waals surface area (Å²) in [7, 11) is 0. The van der Waals surface area contributed by atoms with Crippen LogP contribution in [0.4, 0.5) is 0 Å². The van der Waals surface area contributed by atoms with Crippen molar-refractivity contribution in [1.29, 1.82) is 0 Å². The summed E-state index contributed by atoms with van der Waals surface area (Å²) in [4.78, 5) is 2.59. The van der Waals surface area contributed by atoms with Crippen LogP contribution in [0.2, 0.25) is 0 Å². The Balaban J connectivity index is 2.11. The first-order valence-corrected chi connectivity index (χ1v) is 7.91. The molecular formula is C18H30N2. The van der Waals surface area contributed by atoms with E-state index in [0.717, 1.165) is 19.4 Å². The van der Waals surface area contributed by atoms with E-state index in [1.165, 1.54) is 11.1 Å². The Morgan fingerprint density at radius 2 is 1.80 bits per heavy atom. The van der Waals surface area contributed by atoms with Crippen LogP contribution in [0, 0.1) is 0 Å². The molecule has 3 atom stereocenters. The second-order valence-corrected chi connectivity index (χ2v) is 7.42. The summed E-state index contributed by atoms with van der Waals surface area (Å²) in [5.41, 5.74) is 9.12. The van der Waals surface area contributed by atoms with Crippen LogP contribution in [0.1, 0.15) is 64.6 Å². The molecule has 1 fully saturated rings. The van der Waals surface area contributed by atoms with E-state index in [4.69, 9.17) is 5.73 Å². The molecule has 0 radical (unpaired) electrons. The maximum atomic E-state index is 6.07. The molecule has 0 aromatic heterocycles. The zero-order valence-electron chi connectivity index (χ0n) is 13.7. The Bertz CT molecular complexity index is 430. The summed E-state index contributed by atoms with van der Waals surface area (Å²) in [6.07, 6.45) is 2.24. The first kappa shape index (κ1) is 15.5. The fraction of sp³-hybridized carbons (Fsp3) is 0.667. The van der Waals surface area contributed by atoms with Crippen molar-refractivity contribution >= 4 is 0 Å². The molecule has 2 rings (SSSR count). The number of likely N-dealkylation sites (tertiary alicyclic amines) is 1. The van der Waals surface area contributed by atoms with Crippen molar-refractivity contribution in [3.8, 4) is 0 Å². The van der Waals surface area contributed by atoms with Gasteiger partial charge in [-0.2, -0.15) is 0 Å². The molecule has 1 aliphatic rings. The van der Waals surface area contributed by atoms with Crippen molar-refractivity contribution in [3.05, 3.63) is 35.4 Å². The van der Waals surface area contributed by atoms with Gasteiger partial charge in [0.2, 0.25) is 0 Å². The van der Waals surface area contributed by atoms with Gasteiger partial charge >= 0.3 is 0 Å². The lowest BCUT2D eigenvalue weighted by Crippen LogP contribution is -2.46. The summed E-state index contributed by atoms with van der Waals surface area (Å²) in [6, 6.07) is 10.6. The summed E-state index contributed by atoms with van der Waals surface area (Å²) < 4.78 is 0. The SMILES string of the molecule is CC1CC(N)CCN1C(C)c1ccc(C(C)(C)C)cc1. The Hall–Kier alpha value is -0.860. The third-order valence-electron chi connectivity index (χ3n) is 4.72. The number of hydrogen-bond donors (Lipinski definition) is 1. The molecule has 0 aliphatic carbocycles. The molecule has 1 aliphatic heterocycles. The van der Waals surface area contributed by atoms with Crippen molar-refractivity contribution in [2.24, 2.45) is 5.73 Å². The van der Waals surface area contributed by atoms with E-state index in [1.807, 2.05) is 0 Å². The number of rotatable bonds is 2. The van der Waals surface area contributed by atoms with Crippen molar-refractivity contribution in [1.82, 2.24) is 4.90 Å². The number of nitrogens with zero attached hydrogens (tertiary/aromatic N) is 1. The van der Waals surface area contributed by atoms with E-state index in [1.54, 1.807) is 0 Å². The van der Waals surface area contributed by atoms with Gasteiger partial charge in [0.05, 0.1) is 0 Å². The van der Waals surface area contributed by atoms with Gasteiger partial charge in [0.25, 0.3) is 0 Å². The van der Waals surface area contributed by atoms with Gasteiger partial charge < -0.3 is 5.73 Å². The van der Waals surface area contributed by atoms with Crippen LogP contribution >= 0.6 is 0 Å². The molecule has 0 bridgehead atoms. The predicted octanol–water partition coefficient (Wildman–Crippen LogP) is 3.86. The zero-order chi connectivity index (χ0) is 14.9. The minimum absolute atomic E-state index is 0.229. The van der Waals surface area contributed by atoms with E-state index in [0.29, 0.717) is 18.1 Å². The van der Waals surface area contributed by atoms with Gasteiger partial charge in [-0.3, -0.25) is 4.90 Å². The minimum atomic E-state index is 0.229. The van der Waals surface area contributed by atoms with E-state index in [2.05, 4.69) is 63.8 Å². The molecule has 1 aromatic rings. The third kappa shape index (κ3) is 3.42. The number of piperidine rings is 1. The maximum absolute atomic E-state index is 6.07. The van der Waals surface area contributed by atoms with Crippen molar-refractivity contribution < 1.29 is 0 Å². The molecule has 0 saturated carbocycles. The Kier molecular flexibility index (Phi) is 4.55. The van der Waals surface area contributed by atoms with Gasteiger partial charge in [-0.15, -0.1) is 0 Å². The van der Waals surface area contributed by atoms with Crippen LogP contribution in [0.15, 0.2) is 24.3 Å². The van der Waals surface area contributed by atoms with Gasteiger partial charge in [-0.05, 0) is 43.2 Å². The van der Waals surface area contributed by atoms with Crippen LogP contribution in [0.3, 0.4) is 0 Å². The van der Waals surface area contributed by atoms with Gasteiger partial charge in [0.1, 0.15) is 0 Å². The monoisotopic (exact) mass is 274 g/mol. The Morgan fingerprint density at radius 1 is 1.20 bits per heavy atom. The van der Waals surface area contributed by atoms with Crippen molar-refractivity contribution in [2.75, 3.05) is 6.54 Å². The zero-order valence-corrected chi connectivity index (χ0v) is 13.7. The molecule has 2 nitrogen and oxygen atoms in total. The molecule has 1 saturated heterocycles. The molecular weight excluding hydrogens is 244 g/mol. The number of hydrogen-bond acceptors (Lipinski definition) is 2. The topological polar surface area (TPSA) is 29.3 Å². The molecule has 1 heterocycles. The Morgan fingerprint density at radius 3 is 2.30 bits per heavy atom. The lowest BCUT2D eigenvalue weighted by Gasteiger charge is -2.40. The summed E-state index contributed by atoms with van der Waals surface area (Å²) in [6.45, 7) is 12.5. The lowest BCUT2D eigenvalue weighted by molar-refractivity contribution is 0.104. The summed E-state index contributed by atoms with van der Waals surface area (Å²) in [5, 5.41) is 0. The van der Waals surface area contributed by atoms with E-state index >= 15 is 0 Å². The Labute approximate surface area is 124 Å². The third-order valence-corrected chi connectivity index (χ3v) is 4.72. The molecule has 3 unspecified atom stereocenters. The van der Waals surface area contributed by atoms with Crippen molar-refractivity contribution in [3.63, 3.8) is 0 Å². The molecule has 0 amide bonds. The second kappa shape index (κ2) is 5.87. The van der Waals surface area contributed by atoms with Crippen LogP contribution < -0.4 is 5.73 Å². The van der Waals surface area contributed by atoms with Gasteiger partial charge in [0, 0.05) is 24.7 Å². The van der Waals surface area contributed by atoms with Crippen LogP contribution in [-0.2, 0) is 5.41 Å². The quantitative estimate of drug-likeness (QED) is 0.887.